The fraction of sp³-hybridized carbons (Fsp3) is 0.500. The molecule has 0 spiro atoms. The summed E-state index contributed by atoms with van der Waals surface area (Å²) in [6.07, 6.45) is 21.6. The predicted molar refractivity (Wildman–Crippen MR) is 150 cm³/mol. The Labute approximate surface area is 213 Å². The molecule has 2 aromatic rings. The predicted octanol–water partition coefficient (Wildman–Crippen LogP) is 9.18. The van der Waals surface area contributed by atoms with Gasteiger partial charge in [-0.2, -0.15) is 0 Å². The van der Waals surface area contributed by atoms with Gasteiger partial charge in [-0.3, -0.25) is 9.59 Å². The zero-order valence-electron chi connectivity index (χ0n) is 22.0. The molecule has 0 bridgehead atoms. The molecular weight excluding hydrogens is 430 g/mol. The van der Waals surface area contributed by atoms with Crippen molar-refractivity contribution in [1.82, 2.24) is 0 Å². The second kappa shape index (κ2) is 17.7. The minimum absolute atomic E-state index is 0.0242. The number of hydrogen-bond acceptors (Lipinski definition) is 3. The molecule has 35 heavy (non-hydrogen) atoms. The third kappa shape index (κ3) is 11.5. The molecule has 0 atom stereocenters. The number of unbranched alkanes of at least 4 members (excludes halogenated alkanes) is 11. The van der Waals surface area contributed by atoms with Crippen molar-refractivity contribution in [2.75, 3.05) is 12.4 Å². The second-order valence-corrected chi connectivity index (χ2v) is 9.49. The lowest BCUT2D eigenvalue weighted by Gasteiger charge is -2.05. The summed E-state index contributed by atoms with van der Waals surface area (Å²) in [5.41, 5.74) is 2.93. The molecule has 190 valence electrons. The molecule has 0 heterocycles. The van der Waals surface area contributed by atoms with Crippen LogP contribution in [0.4, 0.5) is 5.69 Å². The highest BCUT2D eigenvalue weighted by atomic mass is 16.1. The number of rotatable bonds is 19. The van der Waals surface area contributed by atoms with E-state index in [1.165, 1.54) is 70.6 Å². The first-order valence-corrected chi connectivity index (χ1v) is 13.8. The highest BCUT2D eigenvalue weighted by Crippen LogP contribution is 2.16. The lowest BCUT2D eigenvalue weighted by atomic mass is 9.99. The van der Waals surface area contributed by atoms with Crippen LogP contribution in [0.5, 0.6) is 0 Å². The molecule has 2 aromatic carbocycles. The minimum Gasteiger partial charge on any atom is -0.388 e. The zero-order valence-corrected chi connectivity index (χ0v) is 22.0. The number of benzene rings is 2. The first-order chi connectivity index (χ1) is 17.2. The number of nitrogens with one attached hydrogen (secondary N) is 1. The van der Waals surface area contributed by atoms with Crippen molar-refractivity contribution >= 4 is 17.3 Å². The third-order valence-electron chi connectivity index (χ3n) is 6.57. The number of hydrogen-bond donors (Lipinski definition) is 1. The summed E-state index contributed by atoms with van der Waals surface area (Å²) in [6, 6.07) is 14.5. The molecule has 3 heteroatoms. The maximum atomic E-state index is 12.6. The maximum absolute atomic E-state index is 12.6. The third-order valence-corrected chi connectivity index (χ3v) is 6.57. The molecule has 0 unspecified atom stereocenters. The second-order valence-electron chi connectivity index (χ2n) is 9.49. The largest absolute Gasteiger partial charge is 0.388 e. The van der Waals surface area contributed by atoms with Crippen molar-refractivity contribution in [1.29, 1.82) is 0 Å². The fourth-order valence-corrected chi connectivity index (χ4v) is 4.26. The molecule has 3 nitrogen and oxygen atoms in total. The van der Waals surface area contributed by atoms with Crippen molar-refractivity contribution in [3.05, 3.63) is 77.4 Å². The summed E-state index contributed by atoms with van der Waals surface area (Å²) in [4.78, 5) is 25.1. The quantitative estimate of drug-likeness (QED) is 0.125. The first-order valence-electron chi connectivity index (χ1n) is 13.8. The van der Waals surface area contributed by atoms with Gasteiger partial charge in [0.05, 0.1) is 0 Å². The summed E-state index contributed by atoms with van der Waals surface area (Å²) in [5, 5.41) is 3.05. The Morgan fingerprint density at radius 2 is 1.09 bits per heavy atom. The number of anilines is 1. The normalized spacial score (nSPS) is 11.1. The van der Waals surface area contributed by atoms with Gasteiger partial charge in [0.2, 0.25) is 0 Å². The SMILES string of the molecule is CCCCCCCCC=CCCCCCCCC(=O)c1ccc(C(=O)c2ccc(NC)cc2)cc1. The number of allylic oxidation sites excluding steroid dienone is 2. The van der Waals surface area contributed by atoms with Crippen molar-refractivity contribution < 1.29 is 9.59 Å². The van der Waals surface area contributed by atoms with Crippen LogP contribution in [0.25, 0.3) is 0 Å². The molecule has 0 aliphatic rings. The molecule has 1 N–H and O–H groups in total. The molecule has 0 aliphatic carbocycles. The van der Waals surface area contributed by atoms with Gasteiger partial charge in [-0.15, -0.1) is 0 Å². The van der Waals surface area contributed by atoms with E-state index in [1.54, 1.807) is 24.3 Å². The number of ketones is 2. The van der Waals surface area contributed by atoms with Gasteiger partial charge < -0.3 is 5.32 Å². The van der Waals surface area contributed by atoms with Gasteiger partial charge in [0.1, 0.15) is 0 Å². The highest BCUT2D eigenvalue weighted by molar-refractivity contribution is 6.09. The molecule has 0 radical (unpaired) electrons. The van der Waals surface area contributed by atoms with Gasteiger partial charge in [-0.05, 0) is 56.4 Å². The van der Waals surface area contributed by atoms with E-state index < -0.39 is 0 Å². The molecule has 2 rings (SSSR count). The van der Waals surface area contributed by atoms with Crippen LogP contribution in [0.1, 0.15) is 123 Å². The van der Waals surface area contributed by atoms with Gasteiger partial charge in [0.15, 0.2) is 11.6 Å². The average Bonchev–Trinajstić information content (AvgIpc) is 2.90. The maximum Gasteiger partial charge on any atom is 0.193 e. The number of Topliss-reactive ketones (excluding diaryl/α,β-unsaturated/α-hetero) is 1. The minimum atomic E-state index is -0.0242. The van der Waals surface area contributed by atoms with E-state index in [1.807, 2.05) is 31.3 Å². The van der Waals surface area contributed by atoms with E-state index in [-0.39, 0.29) is 11.6 Å². The fourth-order valence-electron chi connectivity index (χ4n) is 4.26. The summed E-state index contributed by atoms with van der Waals surface area (Å²) in [5.74, 6) is 0.143. The zero-order chi connectivity index (χ0) is 25.1. The van der Waals surface area contributed by atoms with Crippen molar-refractivity contribution in [3.8, 4) is 0 Å². The molecular formula is C32H45NO2. The average molecular weight is 476 g/mol. The standard InChI is InChI=1S/C32H45NO2/c1-3-4-5-6-7-8-9-10-11-12-13-14-15-16-17-18-31(34)27-19-21-28(22-20-27)32(35)29-23-25-30(33-2)26-24-29/h10-11,19-26,33H,3-9,12-18H2,1-2H3. The molecule has 0 aliphatic heterocycles. The van der Waals surface area contributed by atoms with Crippen LogP contribution in [0, 0.1) is 0 Å². The van der Waals surface area contributed by atoms with Crippen molar-refractivity contribution in [2.24, 2.45) is 0 Å². The van der Waals surface area contributed by atoms with Crippen molar-refractivity contribution in [2.45, 2.75) is 96.8 Å². The Morgan fingerprint density at radius 3 is 1.63 bits per heavy atom. The van der Waals surface area contributed by atoms with Crippen LogP contribution in [-0.2, 0) is 0 Å². The number of carbonyl (C=O) groups excluding carboxylic acids is 2. The van der Waals surface area contributed by atoms with Crippen LogP contribution in [0.3, 0.4) is 0 Å². The smallest absolute Gasteiger partial charge is 0.193 e. The lowest BCUT2D eigenvalue weighted by molar-refractivity contribution is 0.0977. The topological polar surface area (TPSA) is 46.2 Å². The van der Waals surface area contributed by atoms with Crippen LogP contribution in [0.15, 0.2) is 60.7 Å². The Bertz CT molecular complexity index is 881. The first kappa shape index (κ1) is 28.6. The van der Waals surface area contributed by atoms with E-state index in [9.17, 15) is 9.59 Å². The van der Waals surface area contributed by atoms with Crippen LogP contribution < -0.4 is 5.32 Å². The number of carbonyl (C=O) groups is 2. The summed E-state index contributed by atoms with van der Waals surface area (Å²) in [7, 11) is 1.85. The van der Waals surface area contributed by atoms with E-state index >= 15 is 0 Å². The van der Waals surface area contributed by atoms with Crippen LogP contribution in [-0.4, -0.2) is 18.6 Å². The highest BCUT2D eigenvalue weighted by Gasteiger charge is 2.11. The van der Waals surface area contributed by atoms with E-state index in [2.05, 4.69) is 24.4 Å². The Balaban J connectivity index is 1.55. The summed E-state index contributed by atoms with van der Waals surface area (Å²) >= 11 is 0. The van der Waals surface area contributed by atoms with Gasteiger partial charge in [0, 0.05) is 35.8 Å². The summed E-state index contributed by atoms with van der Waals surface area (Å²) < 4.78 is 0. The van der Waals surface area contributed by atoms with Gasteiger partial charge in [0.25, 0.3) is 0 Å². The molecule has 0 fully saturated rings. The molecule has 0 amide bonds. The lowest BCUT2D eigenvalue weighted by Crippen LogP contribution is -2.04. The molecule has 0 saturated heterocycles. The van der Waals surface area contributed by atoms with Gasteiger partial charge in [-0.1, -0.05) is 94.7 Å². The van der Waals surface area contributed by atoms with Gasteiger partial charge in [-0.25, -0.2) is 0 Å². The molecule has 0 aromatic heterocycles. The summed E-state index contributed by atoms with van der Waals surface area (Å²) in [6.45, 7) is 2.26. The monoisotopic (exact) mass is 475 g/mol. The Kier molecular flexibility index (Phi) is 14.5. The van der Waals surface area contributed by atoms with Crippen LogP contribution in [0.2, 0.25) is 0 Å². The van der Waals surface area contributed by atoms with Crippen LogP contribution >= 0.6 is 0 Å². The van der Waals surface area contributed by atoms with E-state index in [0.29, 0.717) is 23.1 Å². The Morgan fingerprint density at radius 1 is 0.629 bits per heavy atom. The van der Waals surface area contributed by atoms with E-state index in [0.717, 1.165) is 18.5 Å². The van der Waals surface area contributed by atoms with Gasteiger partial charge >= 0.3 is 0 Å². The van der Waals surface area contributed by atoms with E-state index in [4.69, 9.17) is 0 Å². The molecule has 0 saturated carbocycles. The Hall–Kier alpha value is -2.68. The van der Waals surface area contributed by atoms with Crippen molar-refractivity contribution in [3.63, 3.8) is 0 Å².